The van der Waals surface area contributed by atoms with Crippen LogP contribution in [0.15, 0.2) is 35.2 Å². The second kappa shape index (κ2) is 4.48. The number of nitrogens with one attached hydrogen (secondary N) is 2. The van der Waals surface area contributed by atoms with Crippen LogP contribution in [0.3, 0.4) is 0 Å². The van der Waals surface area contributed by atoms with Crippen LogP contribution in [-0.4, -0.2) is 29.7 Å². The third-order valence-corrected chi connectivity index (χ3v) is 4.78. The van der Waals surface area contributed by atoms with Gasteiger partial charge >= 0.3 is 0 Å². The molecule has 0 bridgehead atoms. The van der Waals surface area contributed by atoms with Crippen LogP contribution >= 0.6 is 0 Å². The Morgan fingerprint density at radius 1 is 1.33 bits per heavy atom. The summed E-state index contributed by atoms with van der Waals surface area (Å²) in [4.78, 5) is 14.0. The number of rotatable bonds is 3. The summed E-state index contributed by atoms with van der Waals surface area (Å²) < 4.78 is 0. The molecule has 110 valence electrons. The first-order chi connectivity index (χ1) is 10.1. The topological polar surface area (TPSA) is 82.2 Å². The Balaban J connectivity index is 1.43. The number of carbonyl (C=O) groups is 1. The first kappa shape index (κ1) is 12.7. The molecule has 2 heterocycles. The molecule has 0 radical (unpaired) electrons. The third kappa shape index (κ3) is 2.26. The number of nitrogens with two attached hydrogens (primary N) is 1. The van der Waals surface area contributed by atoms with E-state index in [-0.39, 0.29) is 11.8 Å². The van der Waals surface area contributed by atoms with Crippen molar-refractivity contribution in [2.24, 2.45) is 23.5 Å². The van der Waals surface area contributed by atoms with Gasteiger partial charge < -0.3 is 16.0 Å². The van der Waals surface area contributed by atoms with Crippen molar-refractivity contribution < 1.29 is 4.79 Å². The molecule has 4 rings (SSSR count). The normalized spacial score (nSPS) is 31.3. The fourth-order valence-electron chi connectivity index (χ4n) is 3.18. The number of amidine groups is 1. The number of nitrogens with zero attached hydrogens (tertiary/aromatic N) is 1. The highest BCUT2D eigenvalue weighted by Gasteiger charge is 2.38. The van der Waals surface area contributed by atoms with Crippen LogP contribution in [0.4, 0.5) is 0 Å². The molecule has 21 heavy (non-hydrogen) atoms. The van der Waals surface area contributed by atoms with Crippen molar-refractivity contribution in [2.45, 2.75) is 19.3 Å². The van der Waals surface area contributed by atoms with Gasteiger partial charge in [0.15, 0.2) is 0 Å². The lowest BCUT2D eigenvalue weighted by atomic mass is 9.99. The summed E-state index contributed by atoms with van der Waals surface area (Å²) in [7, 11) is 0. The van der Waals surface area contributed by atoms with Crippen LogP contribution in [0.2, 0.25) is 0 Å². The SMILES string of the molecule is N=C1NC(C2=CCN(C(=O)C3CC3)CC2)=CC1C1C=C1N. The summed E-state index contributed by atoms with van der Waals surface area (Å²) >= 11 is 0. The van der Waals surface area contributed by atoms with Gasteiger partial charge in [0.25, 0.3) is 0 Å². The Morgan fingerprint density at radius 3 is 2.67 bits per heavy atom. The maximum absolute atomic E-state index is 12.0. The monoisotopic (exact) mass is 284 g/mol. The summed E-state index contributed by atoms with van der Waals surface area (Å²) in [6.45, 7) is 1.49. The Labute approximate surface area is 124 Å². The highest BCUT2D eigenvalue weighted by molar-refractivity contribution is 5.90. The summed E-state index contributed by atoms with van der Waals surface area (Å²) in [5.74, 6) is 1.46. The first-order valence-corrected chi connectivity index (χ1v) is 7.66. The van der Waals surface area contributed by atoms with Crippen molar-refractivity contribution in [3.05, 3.63) is 35.2 Å². The van der Waals surface area contributed by atoms with Crippen LogP contribution in [-0.2, 0) is 4.79 Å². The quantitative estimate of drug-likeness (QED) is 0.726. The molecule has 4 N–H and O–H groups in total. The maximum atomic E-state index is 12.0. The maximum Gasteiger partial charge on any atom is 0.225 e. The molecule has 1 amide bonds. The number of allylic oxidation sites excluding steroid dienone is 3. The van der Waals surface area contributed by atoms with Gasteiger partial charge in [0.05, 0.1) is 0 Å². The van der Waals surface area contributed by atoms with Gasteiger partial charge in [0.2, 0.25) is 5.91 Å². The third-order valence-electron chi connectivity index (χ3n) is 4.78. The summed E-state index contributed by atoms with van der Waals surface area (Å²) in [5.41, 5.74) is 8.92. The molecule has 5 heteroatoms. The second-order valence-corrected chi connectivity index (χ2v) is 6.38. The van der Waals surface area contributed by atoms with E-state index in [1.165, 1.54) is 5.57 Å². The standard InChI is InChI=1S/C16H20N4O/c17-13-7-11(13)12-8-14(19-15(12)18)9-3-5-20(6-4-9)16(21)10-1-2-10/h3,7-8,10-12H,1-2,4-6,17H2,(H2,18,19). The molecular formula is C16H20N4O. The zero-order valence-corrected chi connectivity index (χ0v) is 11.9. The molecular weight excluding hydrogens is 264 g/mol. The molecule has 0 saturated heterocycles. The molecule has 0 aromatic rings. The lowest BCUT2D eigenvalue weighted by molar-refractivity contribution is -0.132. The van der Waals surface area contributed by atoms with Gasteiger partial charge in [-0.15, -0.1) is 0 Å². The summed E-state index contributed by atoms with van der Waals surface area (Å²) in [6, 6.07) is 0. The summed E-state index contributed by atoms with van der Waals surface area (Å²) in [5, 5.41) is 11.2. The minimum absolute atomic E-state index is 0.0759. The number of amides is 1. The zero-order valence-electron chi connectivity index (χ0n) is 11.9. The average molecular weight is 284 g/mol. The van der Waals surface area contributed by atoms with E-state index in [0.717, 1.165) is 37.2 Å². The second-order valence-electron chi connectivity index (χ2n) is 6.38. The van der Waals surface area contributed by atoms with Crippen molar-refractivity contribution >= 4 is 11.7 Å². The molecule has 0 spiro atoms. The van der Waals surface area contributed by atoms with Gasteiger partial charge in [0.1, 0.15) is 5.84 Å². The van der Waals surface area contributed by atoms with E-state index in [4.69, 9.17) is 11.1 Å². The predicted molar refractivity (Wildman–Crippen MR) is 80.2 cm³/mol. The Bertz CT molecular complexity index is 612. The smallest absolute Gasteiger partial charge is 0.225 e. The van der Waals surface area contributed by atoms with Gasteiger partial charge in [0, 0.05) is 42.2 Å². The molecule has 1 saturated carbocycles. The molecule has 5 nitrogen and oxygen atoms in total. The summed E-state index contributed by atoms with van der Waals surface area (Å²) in [6.07, 6.45) is 9.24. The average Bonchev–Trinajstić information content (AvgIpc) is 3.40. The van der Waals surface area contributed by atoms with Crippen molar-refractivity contribution in [1.82, 2.24) is 10.2 Å². The highest BCUT2D eigenvalue weighted by atomic mass is 16.2. The van der Waals surface area contributed by atoms with Crippen LogP contribution < -0.4 is 11.1 Å². The number of carbonyl (C=O) groups excluding carboxylic acids is 1. The lowest BCUT2D eigenvalue weighted by Gasteiger charge is -2.27. The van der Waals surface area contributed by atoms with Gasteiger partial charge in [-0.3, -0.25) is 10.2 Å². The Kier molecular flexibility index (Phi) is 2.71. The van der Waals surface area contributed by atoms with Crippen molar-refractivity contribution in [3.8, 4) is 0 Å². The molecule has 2 atom stereocenters. The van der Waals surface area contributed by atoms with E-state index in [0.29, 0.717) is 24.2 Å². The number of hydrogen-bond donors (Lipinski definition) is 3. The lowest BCUT2D eigenvalue weighted by Crippen LogP contribution is -2.36. The van der Waals surface area contributed by atoms with Crippen LogP contribution in [0.5, 0.6) is 0 Å². The van der Waals surface area contributed by atoms with Crippen LogP contribution in [0.1, 0.15) is 19.3 Å². The molecule has 0 aromatic carbocycles. The van der Waals surface area contributed by atoms with Crippen molar-refractivity contribution in [1.29, 1.82) is 5.41 Å². The molecule has 2 unspecified atom stereocenters. The van der Waals surface area contributed by atoms with E-state index < -0.39 is 0 Å². The van der Waals surface area contributed by atoms with E-state index in [2.05, 4.69) is 17.5 Å². The van der Waals surface area contributed by atoms with Crippen molar-refractivity contribution in [2.75, 3.05) is 13.1 Å². The fraction of sp³-hybridized carbons (Fsp3) is 0.500. The van der Waals surface area contributed by atoms with E-state index >= 15 is 0 Å². The van der Waals surface area contributed by atoms with E-state index in [1.807, 2.05) is 11.0 Å². The zero-order chi connectivity index (χ0) is 14.6. The van der Waals surface area contributed by atoms with Crippen LogP contribution in [0, 0.1) is 23.2 Å². The minimum atomic E-state index is 0.0759. The van der Waals surface area contributed by atoms with Crippen molar-refractivity contribution in [3.63, 3.8) is 0 Å². The highest BCUT2D eigenvalue weighted by Crippen LogP contribution is 2.37. The van der Waals surface area contributed by atoms with E-state index in [9.17, 15) is 4.79 Å². The first-order valence-electron chi connectivity index (χ1n) is 7.66. The predicted octanol–water partition coefficient (Wildman–Crippen LogP) is 1.11. The molecule has 0 aromatic heterocycles. The van der Waals surface area contributed by atoms with Gasteiger partial charge in [-0.25, -0.2) is 0 Å². The Hall–Kier alpha value is -2.04. The largest absolute Gasteiger partial charge is 0.402 e. The van der Waals surface area contributed by atoms with E-state index in [1.54, 1.807) is 0 Å². The molecule has 2 aliphatic heterocycles. The minimum Gasteiger partial charge on any atom is -0.402 e. The molecule has 2 aliphatic carbocycles. The van der Waals surface area contributed by atoms with Crippen LogP contribution in [0.25, 0.3) is 0 Å². The molecule has 4 aliphatic rings. The fourth-order valence-corrected chi connectivity index (χ4v) is 3.18. The Morgan fingerprint density at radius 2 is 2.10 bits per heavy atom. The van der Waals surface area contributed by atoms with Gasteiger partial charge in [-0.05, 0) is 30.9 Å². The van der Waals surface area contributed by atoms with Gasteiger partial charge in [-0.2, -0.15) is 0 Å². The number of hydrogen-bond acceptors (Lipinski definition) is 3. The molecule has 1 fully saturated rings. The van der Waals surface area contributed by atoms with Gasteiger partial charge in [-0.1, -0.05) is 12.2 Å².